The van der Waals surface area contributed by atoms with E-state index in [9.17, 15) is 10.1 Å². The van der Waals surface area contributed by atoms with Gasteiger partial charge in [0.15, 0.2) is 0 Å². The zero-order valence-corrected chi connectivity index (χ0v) is 14.8. The minimum absolute atomic E-state index is 0.0164. The third-order valence-electron chi connectivity index (χ3n) is 3.50. The van der Waals surface area contributed by atoms with Gasteiger partial charge in [-0.1, -0.05) is 28.1 Å². The average Bonchev–Trinajstić information content (AvgIpc) is 2.50. The Hall–Kier alpha value is -1.84. The molecule has 2 atom stereocenters. The zero-order valence-electron chi connectivity index (χ0n) is 13.3. The molecule has 1 N–H and O–H groups in total. The number of amides is 1. The number of halogens is 1. The van der Waals surface area contributed by atoms with E-state index in [1.807, 2.05) is 44.2 Å². The molecular formula is C17H20BrN3O2. The summed E-state index contributed by atoms with van der Waals surface area (Å²) in [7, 11) is 0. The summed E-state index contributed by atoms with van der Waals surface area (Å²) in [5, 5.41) is 12.3. The Labute approximate surface area is 145 Å². The number of benzene rings is 1. The van der Waals surface area contributed by atoms with E-state index in [0.717, 1.165) is 10.0 Å². The van der Waals surface area contributed by atoms with Crippen LogP contribution in [0.5, 0.6) is 0 Å². The van der Waals surface area contributed by atoms with Crippen LogP contribution in [0.25, 0.3) is 0 Å². The maximum atomic E-state index is 12.4. The highest BCUT2D eigenvalue weighted by atomic mass is 79.9. The Kier molecular flexibility index (Phi) is 6.20. The molecule has 1 amide bonds. The van der Waals surface area contributed by atoms with Crippen LogP contribution in [0.1, 0.15) is 19.4 Å². The van der Waals surface area contributed by atoms with Gasteiger partial charge in [0.25, 0.3) is 5.91 Å². The van der Waals surface area contributed by atoms with Gasteiger partial charge in [0.2, 0.25) is 0 Å². The summed E-state index contributed by atoms with van der Waals surface area (Å²) in [4.78, 5) is 14.1. The van der Waals surface area contributed by atoms with E-state index in [4.69, 9.17) is 4.74 Å². The number of nitrogens with one attached hydrogen (secondary N) is 1. The molecule has 2 rings (SSSR count). The lowest BCUT2D eigenvalue weighted by Crippen LogP contribution is -2.48. The second kappa shape index (κ2) is 8.14. The highest BCUT2D eigenvalue weighted by molar-refractivity contribution is 9.10. The molecule has 6 heteroatoms. The fourth-order valence-electron chi connectivity index (χ4n) is 2.57. The van der Waals surface area contributed by atoms with Crippen molar-refractivity contribution in [2.75, 3.05) is 13.1 Å². The van der Waals surface area contributed by atoms with Crippen molar-refractivity contribution in [2.45, 2.75) is 32.6 Å². The van der Waals surface area contributed by atoms with Gasteiger partial charge in [-0.05, 0) is 31.5 Å². The summed E-state index contributed by atoms with van der Waals surface area (Å²) in [6.45, 7) is 5.42. The predicted octanol–water partition coefficient (Wildman–Crippen LogP) is 2.58. The molecule has 0 spiro atoms. The summed E-state index contributed by atoms with van der Waals surface area (Å²) in [5.41, 5.74) is 1.18. The molecule has 23 heavy (non-hydrogen) atoms. The number of carbonyl (C=O) groups excluding carboxylic acids is 1. The lowest BCUT2D eigenvalue weighted by Gasteiger charge is -2.35. The van der Waals surface area contributed by atoms with Gasteiger partial charge < -0.3 is 15.0 Å². The summed E-state index contributed by atoms with van der Waals surface area (Å²) < 4.78 is 6.61. The van der Waals surface area contributed by atoms with Gasteiger partial charge in [-0.15, -0.1) is 0 Å². The van der Waals surface area contributed by atoms with Gasteiger partial charge in [-0.2, -0.15) is 5.26 Å². The Morgan fingerprint density at radius 1 is 1.48 bits per heavy atom. The van der Waals surface area contributed by atoms with Crippen molar-refractivity contribution in [3.8, 4) is 6.07 Å². The topological polar surface area (TPSA) is 65.4 Å². The lowest BCUT2D eigenvalue weighted by atomic mass is 10.2. The molecule has 1 aliphatic heterocycles. The van der Waals surface area contributed by atoms with Crippen LogP contribution in [-0.4, -0.2) is 36.1 Å². The fourth-order valence-corrected chi connectivity index (χ4v) is 3.02. The van der Waals surface area contributed by atoms with E-state index in [1.54, 1.807) is 4.90 Å². The Balaban J connectivity index is 1.98. The van der Waals surface area contributed by atoms with Crippen LogP contribution in [0.2, 0.25) is 0 Å². The van der Waals surface area contributed by atoms with E-state index in [-0.39, 0.29) is 23.7 Å². The Morgan fingerprint density at radius 2 is 2.17 bits per heavy atom. The van der Waals surface area contributed by atoms with Crippen LogP contribution in [0, 0.1) is 11.3 Å². The van der Waals surface area contributed by atoms with Gasteiger partial charge in [0.1, 0.15) is 11.6 Å². The van der Waals surface area contributed by atoms with Crippen molar-refractivity contribution in [3.05, 3.63) is 46.1 Å². The first-order valence-electron chi connectivity index (χ1n) is 7.52. The zero-order chi connectivity index (χ0) is 16.8. The normalized spacial score (nSPS) is 21.7. The van der Waals surface area contributed by atoms with Gasteiger partial charge in [-0.3, -0.25) is 4.79 Å². The maximum absolute atomic E-state index is 12.4. The molecular weight excluding hydrogens is 358 g/mol. The third kappa shape index (κ3) is 5.08. The number of carbonyl (C=O) groups is 1. The van der Waals surface area contributed by atoms with E-state index in [0.29, 0.717) is 19.6 Å². The van der Waals surface area contributed by atoms with Crippen LogP contribution < -0.4 is 5.32 Å². The van der Waals surface area contributed by atoms with Gasteiger partial charge in [0, 0.05) is 30.3 Å². The van der Waals surface area contributed by atoms with E-state index < -0.39 is 0 Å². The first-order chi connectivity index (χ1) is 11.0. The first-order valence-corrected chi connectivity index (χ1v) is 8.31. The molecule has 1 fully saturated rings. The number of morpholine rings is 1. The summed E-state index contributed by atoms with van der Waals surface area (Å²) in [6.07, 6.45) is 1.46. The second-order valence-corrected chi connectivity index (χ2v) is 6.56. The second-order valence-electron chi connectivity index (χ2n) is 5.65. The highest BCUT2D eigenvalue weighted by Gasteiger charge is 2.27. The standard InChI is InChI=1S/C17H20BrN3O2/c1-12-10-21(11-13(2)23-12)17(22)15(7-19)9-20-8-14-4-3-5-16(18)6-14/h3-6,9,12-13,20H,8,10-11H2,1-2H3/b15-9-. The molecule has 1 aromatic rings. The maximum Gasteiger partial charge on any atom is 0.266 e. The molecule has 1 aromatic carbocycles. The van der Waals surface area contributed by atoms with Crippen molar-refractivity contribution < 1.29 is 9.53 Å². The molecule has 1 saturated heterocycles. The monoisotopic (exact) mass is 377 g/mol. The number of hydrogen-bond acceptors (Lipinski definition) is 4. The van der Waals surface area contributed by atoms with Crippen LogP contribution in [0.3, 0.4) is 0 Å². The number of nitrogens with zero attached hydrogens (tertiary/aromatic N) is 2. The van der Waals surface area contributed by atoms with Crippen molar-refractivity contribution in [2.24, 2.45) is 0 Å². The lowest BCUT2D eigenvalue weighted by molar-refractivity contribution is -0.138. The van der Waals surface area contributed by atoms with Crippen molar-refractivity contribution >= 4 is 21.8 Å². The summed E-state index contributed by atoms with van der Waals surface area (Å²) in [6, 6.07) is 9.84. The Morgan fingerprint density at radius 3 is 2.78 bits per heavy atom. The van der Waals surface area contributed by atoms with E-state index in [2.05, 4.69) is 21.2 Å². The fraction of sp³-hybridized carbons (Fsp3) is 0.412. The third-order valence-corrected chi connectivity index (χ3v) is 3.99. The molecule has 0 aliphatic carbocycles. The van der Waals surface area contributed by atoms with Crippen LogP contribution in [-0.2, 0) is 16.1 Å². The van der Waals surface area contributed by atoms with E-state index >= 15 is 0 Å². The molecule has 2 unspecified atom stereocenters. The summed E-state index contributed by atoms with van der Waals surface area (Å²) >= 11 is 3.41. The summed E-state index contributed by atoms with van der Waals surface area (Å²) in [5.74, 6) is -0.253. The number of rotatable bonds is 4. The molecule has 0 aromatic heterocycles. The van der Waals surface area contributed by atoms with Gasteiger partial charge in [-0.25, -0.2) is 0 Å². The van der Waals surface area contributed by atoms with Crippen molar-refractivity contribution in [3.63, 3.8) is 0 Å². The first kappa shape index (κ1) is 17.5. The molecule has 5 nitrogen and oxygen atoms in total. The average molecular weight is 378 g/mol. The highest BCUT2D eigenvalue weighted by Crippen LogP contribution is 2.14. The van der Waals surface area contributed by atoms with Gasteiger partial charge >= 0.3 is 0 Å². The molecule has 1 heterocycles. The van der Waals surface area contributed by atoms with Crippen LogP contribution in [0.4, 0.5) is 0 Å². The van der Waals surface area contributed by atoms with E-state index in [1.165, 1.54) is 6.20 Å². The smallest absolute Gasteiger partial charge is 0.266 e. The minimum atomic E-state index is -0.253. The molecule has 0 saturated carbocycles. The number of nitriles is 1. The number of ether oxygens (including phenoxy) is 1. The molecule has 0 radical (unpaired) electrons. The van der Waals surface area contributed by atoms with Crippen LogP contribution >= 0.6 is 15.9 Å². The SMILES string of the molecule is CC1CN(C(=O)/C(C#N)=C\NCc2cccc(Br)c2)CC(C)O1. The molecule has 1 aliphatic rings. The number of hydrogen-bond donors (Lipinski definition) is 1. The van der Waals surface area contributed by atoms with Crippen molar-refractivity contribution in [1.29, 1.82) is 5.26 Å². The van der Waals surface area contributed by atoms with Gasteiger partial charge in [0.05, 0.1) is 12.2 Å². The predicted molar refractivity (Wildman–Crippen MR) is 91.3 cm³/mol. The quantitative estimate of drug-likeness (QED) is 0.646. The molecule has 122 valence electrons. The van der Waals surface area contributed by atoms with Crippen molar-refractivity contribution in [1.82, 2.24) is 10.2 Å². The molecule has 0 bridgehead atoms. The largest absolute Gasteiger partial charge is 0.386 e. The Bertz CT molecular complexity index is 629. The van der Waals surface area contributed by atoms with Crippen LogP contribution in [0.15, 0.2) is 40.5 Å². The minimum Gasteiger partial charge on any atom is -0.386 e.